The first-order chi connectivity index (χ1) is 8.15. The van der Waals surface area contributed by atoms with Gasteiger partial charge in [-0.2, -0.15) is 0 Å². The van der Waals surface area contributed by atoms with Crippen LogP contribution in [0.3, 0.4) is 0 Å². The van der Waals surface area contributed by atoms with E-state index in [0.29, 0.717) is 5.75 Å². The number of hydrogen-bond acceptors (Lipinski definition) is 4. The summed E-state index contributed by atoms with van der Waals surface area (Å²) < 4.78 is 1.06. The number of nitrogens with zero attached hydrogens (tertiary/aromatic N) is 1. The Balaban J connectivity index is 0.00000162. The van der Waals surface area contributed by atoms with Crippen LogP contribution in [0.5, 0.6) is 0 Å². The van der Waals surface area contributed by atoms with Crippen LogP contribution in [0.15, 0.2) is 34.1 Å². The molecule has 96 valence electrons. The second-order valence-corrected chi connectivity index (χ2v) is 6.09. The number of nitrogens with two attached hydrogens (primary N) is 1. The van der Waals surface area contributed by atoms with Gasteiger partial charge in [0, 0.05) is 21.2 Å². The third-order valence-corrected chi connectivity index (χ3v) is 4.24. The minimum atomic E-state index is 0. The van der Waals surface area contributed by atoms with Crippen LogP contribution in [0.4, 0.5) is 0 Å². The highest BCUT2D eigenvalue weighted by molar-refractivity contribution is 9.10. The third-order valence-electron chi connectivity index (χ3n) is 2.02. The molecule has 0 bridgehead atoms. The first kappa shape index (κ1) is 15.5. The molecule has 2 rings (SSSR count). The Kier molecular flexibility index (Phi) is 6.14. The highest BCUT2D eigenvalue weighted by Crippen LogP contribution is 2.26. The van der Waals surface area contributed by atoms with Crippen LogP contribution in [0, 0.1) is 5.41 Å². The van der Waals surface area contributed by atoms with Gasteiger partial charge in [-0.1, -0.05) is 39.8 Å². The zero-order chi connectivity index (χ0) is 12.3. The van der Waals surface area contributed by atoms with E-state index in [1.165, 1.54) is 11.8 Å². The van der Waals surface area contributed by atoms with Gasteiger partial charge in [-0.15, -0.1) is 23.7 Å². The Hall–Kier alpha value is -0.560. The van der Waals surface area contributed by atoms with Crippen LogP contribution in [0.1, 0.15) is 5.69 Å². The molecule has 1 heterocycles. The lowest BCUT2D eigenvalue weighted by Gasteiger charge is -1.96. The van der Waals surface area contributed by atoms with E-state index in [9.17, 15) is 0 Å². The standard InChI is InChI=1S/C11H10BrN3S2.ClH/c12-8-3-1-7(2-4-8)10-15-9(5-16-10)6-17-11(13)14;/h1-5H,6H2,(H3,13,14);1H. The molecule has 1 aromatic heterocycles. The molecule has 18 heavy (non-hydrogen) atoms. The van der Waals surface area contributed by atoms with Crippen molar-refractivity contribution in [2.24, 2.45) is 5.73 Å². The van der Waals surface area contributed by atoms with E-state index in [-0.39, 0.29) is 17.6 Å². The molecule has 3 N–H and O–H groups in total. The fourth-order valence-corrected chi connectivity index (χ4v) is 2.90. The first-order valence-corrected chi connectivity index (χ1v) is 7.48. The van der Waals surface area contributed by atoms with E-state index < -0.39 is 0 Å². The smallest absolute Gasteiger partial charge is 0.151 e. The second kappa shape index (κ2) is 7.13. The van der Waals surface area contributed by atoms with Gasteiger partial charge in [0.1, 0.15) is 5.01 Å². The minimum absolute atomic E-state index is 0. The summed E-state index contributed by atoms with van der Waals surface area (Å²) in [6.45, 7) is 0. The van der Waals surface area contributed by atoms with Crippen LogP contribution >= 0.6 is 51.4 Å². The van der Waals surface area contributed by atoms with Crippen molar-refractivity contribution in [3.05, 3.63) is 39.8 Å². The molecule has 0 amide bonds. The normalized spacial score (nSPS) is 9.83. The van der Waals surface area contributed by atoms with Gasteiger partial charge in [0.15, 0.2) is 5.17 Å². The summed E-state index contributed by atoms with van der Waals surface area (Å²) in [6.07, 6.45) is 0. The summed E-state index contributed by atoms with van der Waals surface area (Å²) in [5, 5.41) is 10.3. The molecule has 0 saturated carbocycles. The van der Waals surface area contributed by atoms with Crippen LogP contribution in [-0.4, -0.2) is 10.2 Å². The predicted molar refractivity (Wildman–Crippen MR) is 85.7 cm³/mol. The summed E-state index contributed by atoms with van der Waals surface area (Å²) >= 11 is 6.31. The van der Waals surface area contributed by atoms with Gasteiger partial charge in [0.05, 0.1) is 5.69 Å². The molecule has 1 aromatic carbocycles. The molecule has 2 aromatic rings. The van der Waals surface area contributed by atoms with Crippen LogP contribution in [0.2, 0.25) is 0 Å². The maximum atomic E-state index is 7.15. The average Bonchev–Trinajstić information content (AvgIpc) is 2.76. The summed E-state index contributed by atoms with van der Waals surface area (Å²) in [5.74, 6) is 0.655. The summed E-state index contributed by atoms with van der Waals surface area (Å²) in [7, 11) is 0. The number of thioether (sulfide) groups is 1. The van der Waals surface area contributed by atoms with Crippen molar-refractivity contribution < 1.29 is 0 Å². The quantitative estimate of drug-likeness (QED) is 0.636. The van der Waals surface area contributed by atoms with Crippen molar-refractivity contribution in [2.45, 2.75) is 5.75 Å². The number of thiazole rings is 1. The molecule has 0 unspecified atom stereocenters. The molecule has 0 radical (unpaired) electrons. The van der Waals surface area contributed by atoms with Crippen LogP contribution in [-0.2, 0) is 5.75 Å². The Labute approximate surface area is 128 Å². The topological polar surface area (TPSA) is 62.8 Å². The molecular formula is C11H11BrClN3S2. The van der Waals surface area contributed by atoms with E-state index >= 15 is 0 Å². The molecule has 0 aliphatic heterocycles. The van der Waals surface area contributed by atoms with Crippen molar-refractivity contribution in [3.63, 3.8) is 0 Å². The van der Waals surface area contributed by atoms with Gasteiger partial charge in [0.25, 0.3) is 0 Å². The van der Waals surface area contributed by atoms with Crippen molar-refractivity contribution in [3.8, 4) is 10.6 Å². The van der Waals surface area contributed by atoms with Crippen LogP contribution in [0.25, 0.3) is 10.6 Å². The molecule has 0 atom stereocenters. The molecule has 0 saturated heterocycles. The van der Waals surface area contributed by atoms with E-state index in [1.54, 1.807) is 11.3 Å². The minimum Gasteiger partial charge on any atom is -0.379 e. The number of halogens is 2. The molecular weight excluding hydrogens is 354 g/mol. The van der Waals surface area contributed by atoms with Crippen molar-refractivity contribution in [1.29, 1.82) is 5.41 Å². The van der Waals surface area contributed by atoms with Gasteiger partial charge in [0.2, 0.25) is 0 Å². The number of rotatable bonds is 3. The van der Waals surface area contributed by atoms with Gasteiger partial charge in [-0.25, -0.2) is 4.98 Å². The predicted octanol–water partition coefficient (Wildman–Crippen LogP) is 4.12. The fourth-order valence-electron chi connectivity index (χ4n) is 1.25. The second-order valence-electron chi connectivity index (χ2n) is 3.30. The van der Waals surface area contributed by atoms with E-state index in [4.69, 9.17) is 11.1 Å². The molecule has 0 aliphatic carbocycles. The zero-order valence-corrected chi connectivity index (χ0v) is 13.3. The van der Waals surface area contributed by atoms with E-state index in [2.05, 4.69) is 20.9 Å². The number of nitrogens with one attached hydrogen (secondary N) is 1. The van der Waals surface area contributed by atoms with E-state index in [1.807, 2.05) is 29.6 Å². The third kappa shape index (κ3) is 4.28. The summed E-state index contributed by atoms with van der Waals surface area (Å²) in [6, 6.07) is 8.07. The first-order valence-electron chi connectivity index (χ1n) is 4.82. The van der Waals surface area contributed by atoms with Gasteiger partial charge >= 0.3 is 0 Å². The lowest BCUT2D eigenvalue weighted by atomic mass is 10.2. The largest absolute Gasteiger partial charge is 0.379 e. The number of aromatic nitrogens is 1. The molecule has 0 fully saturated rings. The molecule has 3 nitrogen and oxygen atoms in total. The monoisotopic (exact) mass is 363 g/mol. The molecule has 7 heteroatoms. The van der Waals surface area contributed by atoms with Crippen molar-refractivity contribution >= 4 is 56.6 Å². The van der Waals surface area contributed by atoms with Crippen molar-refractivity contribution in [1.82, 2.24) is 4.98 Å². The number of hydrogen-bond donors (Lipinski definition) is 2. The van der Waals surface area contributed by atoms with Crippen LogP contribution < -0.4 is 5.73 Å². The van der Waals surface area contributed by atoms with Crippen molar-refractivity contribution in [2.75, 3.05) is 0 Å². The van der Waals surface area contributed by atoms with Gasteiger partial charge < -0.3 is 5.73 Å². The average molecular weight is 365 g/mol. The Morgan fingerprint density at radius 2 is 2.06 bits per heavy atom. The highest BCUT2D eigenvalue weighted by atomic mass is 79.9. The lowest BCUT2D eigenvalue weighted by Crippen LogP contribution is -2.03. The SMILES string of the molecule is Cl.N=C(N)SCc1csc(-c2ccc(Br)cc2)n1. The number of benzene rings is 1. The Morgan fingerprint density at radius 1 is 1.39 bits per heavy atom. The van der Waals surface area contributed by atoms with E-state index in [0.717, 1.165) is 20.7 Å². The Morgan fingerprint density at radius 3 is 2.67 bits per heavy atom. The summed E-state index contributed by atoms with van der Waals surface area (Å²) in [4.78, 5) is 4.51. The zero-order valence-electron chi connectivity index (χ0n) is 9.22. The fraction of sp³-hybridized carbons (Fsp3) is 0.0909. The summed E-state index contributed by atoms with van der Waals surface area (Å²) in [5.41, 5.74) is 7.37. The maximum Gasteiger partial charge on any atom is 0.151 e. The van der Waals surface area contributed by atoms with Gasteiger partial charge in [-0.3, -0.25) is 5.41 Å². The number of amidine groups is 1. The van der Waals surface area contributed by atoms with Gasteiger partial charge in [-0.05, 0) is 12.1 Å². The maximum absolute atomic E-state index is 7.15. The molecule has 0 aliphatic rings. The lowest BCUT2D eigenvalue weighted by molar-refractivity contribution is 1.24. The Bertz CT molecular complexity index is 527. The molecule has 0 spiro atoms. The highest BCUT2D eigenvalue weighted by Gasteiger charge is 2.05.